The van der Waals surface area contributed by atoms with Gasteiger partial charge in [-0.3, -0.25) is 19.2 Å². The van der Waals surface area contributed by atoms with Crippen LogP contribution in [0.15, 0.2) is 95.1 Å². The molecule has 0 saturated heterocycles. The summed E-state index contributed by atoms with van der Waals surface area (Å²) in [6.07, 6.45) is 0. The molecule has 14 nitrogen and oxygen atoms in total. The van der Waals surface area contributed by atoms with E-state index in [1.807, 2.05) is 0 Å². The van der Waals surface area contributed by atoms with Gasteiger partial charge in [-0.25, -0.2) is 10.9 Å². The maximum Gasteiger partial charge on any atom is 0.255 e. The predicted molar refractivity (Wildman–Crippen MR) is 206 cm³/mol. The number of nitrogens with one attached hydrogen (secondary N) is 4. The molecular weight excluding hydrogens is 701 g/mol. The van der Waals surface area contributed by atoms with E-state index in [2.05, 4.69) is 31.7 Å². The van der Waals surface area contributed by atoms with Crippen molar-refractivity contribution < 1.29 is 38.1 Å². The van der Waals surface area contributed by atoms with Gasteiger partial charge < -0.3 is 29.6 Å². The lowest BCUT2D eigenvalue weighted by atomic mass is 10.1. The number of rotatable bonds is 16. The smallest absolute Gasteiger partial charge is 0.255 e. The lowest BCUT2D eigenvalue weighted by Gasteiger charge is -2.10. The molecule has 4 N–H and O–H groups in total. The third kappa shape index (κ3) is 11.3. The number of thioether (sulfide) groups is 1. The van der Waals surface area contributed by atoms with Crippen molar-refractivity contribution in [3.63, 3.8) is 0 Å². The highest BCUT2D eigenvalue weighted by atomic mass is 32.2. The molecule has 4 amide bonds. The molecule has 276 valence electrons. The van der Waals surface area contributed by atoms with Gasteiger partial charge in [0.2, 0.25) is 11.8 Å². The molecule has 4 aromatic rings. The van der Waals surface area contributed by atoms with E-state index >= 15 is 0 Å². The number of benzene rings is 4. The fourth-order valence-corrected chi connectivity index (χ4v) is 5.28. The molecule has 0 heterocycles. The zero-order valence-electron chi connectivity index (χ0n) is 30.1. The Morgan fingerprint density at radius 2 is 0.849 bits per heavy atom. The summed E-state index contributed by atoms with van der Waals surface area (Å²) in [5, 5.41) is 13.9. The Hall–Kier alpha value is -6.35. The molecule has 0 unspecified atom stereocenters. The second kappa shape index (κ2) is 19.3. The Morgan fingerprint density at radius 1 is 0.509 bits per heavy atom. The SMILES string of the molecule is COc1ccc(C(=O)Nc2ccc(/C(C)=N/NC(=O)CSCC(=O)N/N=C(\C)c3ccc(NC(=O)c4ccc(OC)c(OC)c4)cc3)cc2)cc1OC. The first kappa shape index (κ1) is 39.4. The average molecular weight is 741 g/mol. The van der Waals surface area contributed by atoms with Gasteiger partial charge in [0.1, 0.15) is 0 Å². The van der Waals surface area contributed by atoms with Crippen molar-refractivity contribution >= 4 is 58.2 Å². The Kier molecular flexibility index (Phi) is 14.4. The normalized spacial score (nSPS) is 11.2. The van der Waals surface area contributed by atoms with Crippen molar-refractivity contribution in [3.05, 3.63) is 107 Å². The van der Waals surface area contributed by atoms with Crippen LogP contribution in [0.25, 0.3) is 0 Å². The maximum absolute atomic E-state index is 12.7. The van der Waals surface area contributed by atoms with Crippen LogP contribution in [-0.4, -0.2) is 75.0 Å². The molecule has 15 heteroatoms. The van der Waals surface area contributed by atoms with Gasteiger partial charge in [0.15, 0.2) is 23.0 Å². The third-order valence-electron chi connectivity index (χ3n) is 7.58. The molecule has 0 aliphatic rings. The number of hydrogen-bond acceptors (Lipinski definition) is 11. The van der Waals surface area contributed by atoms with Crippen LogP contribution in [0.2, 0.25) is 0 Å². The first-order valence-corrected chi connectivity index (χ1v) is 17.2. The van der Waals surface area contributed by atoms with Crippen LogP contribution < -0.4 is 40.4 Å². The molecule has 0 atom stereocenters. The molecule has 0 spiro atoms. The second-order valence-electron chi connectivity index (χ2n) is 11.2. The summed E-state index contributed by atoms with van der Waals surface area (Å²) in [5.74, 6) is 0.573. The molecule has 4 aromatic carbocycles. The first-order valence-electron chi connectivity index (χ1n) is 16.1. The maximum atomic E-state index is 12.7. The van der Waals surface area contributed by atoms with Crippen molar-refractivity contribution in [2.75, 3.05) is 50.6 Å². The molecule has 53 heavy (non-hydrogen) atoms. The first-order chi connectivity index (χ1) is 25.5. The number of ether oxygens (including phenoxy) is 4. The number of anilines is 2. The molecule has 4 rings (SSSR count). The topological polar surface area (TPSA) is 178 Å². The average Bonchev–Trinajstić information content (AvgIpc) is 3.18. The van der Waals surface area contributed by atoms with Crippen LogP contribution in [-0.2, 0) is 9.59 Å². The summed E-state index contributed by atoms with van der Waals surface area (Å²) in [4.78, 5) is 50.1. The summed E-state index contributed by atoms with van der Waals surface area (Å²) in [7, 11) is 6.04. The van der Waals surface area contributed by atoms with Crippen LogP contribution >= 0.6 is 11.8 Å². The van der Waals surface area contributed by atoms with Gasteiger partial charge in [0.25, 0.3) is 11.8 Å². The zero-order valence-corrected chi connectivity index (χ0v) is 30.9. The van der Waals surface area contributed by atoms with Crippen molar-refractivity contribution in [1.82, 2.24) is 10.9 Å². The Balaban J connectivity index is 1.18. The number of amides is 4. The molecule has 0 aliphatic heterocycles. The third-order valence-corrected chi connectivity index (χ3v) is 8.51. The quantitative estimate of drug-likeness (QED) is 0.0872. The van der Waals surface area contributed by atoms with Gasteiger partial charge in [0.05, 0.1) is 51.4 Å². The fraction of sp³-hybridized carbons (Fsp3) is 0.211. The van der Waals surface area contributed by atoms with Crippen molar-refractivity contribution in [1.29, 1.82) is 0 Å². The fourth-order valence-electron chi connectivity index (χ4n) is 4.67. The highest BCUT2D eigenvalue weighted by Crippen LogP contribution is 2.29. The summed E-state index contributed by atoms with van der Waals surface area (Å²) in [6.45, 7) is 3.48. The number of methoxy groups -OCH3 is 4. The van der Waals surface area contributed by atoms with Gasteiger partial charge in [-0.15, -0.1) is 11.8 Å². The zero-order chi connectivity index (χ0) is 38.3. The molecule has 0 bridgehead atoms. The van der Waals surface area contributed by atoms with Gasteiger partial charge in [-0.1, -0.05) is 24.3 Å². The minimum Gasteiger partial charge on any atom is -0.493 e. The van der Waals surface area contributed by atoms with Crippen molar-refractivity contribution in [2.45, 2.75) is 13.8 Å². The number of hydrogen-bond donors (Lipinski definition) is 4. The van der Waals surface area contributed by atoms with Crippen LogP contribution in [0, 0.1) is 0 Å². The van der Waals surface area contributed by atoms with Gasteiger partial charge in [0, 0.05) is 22.5 Å². The van der Waals surface area contributed by atoms with E-state index in [4.69, 9.17) is 18.9 Å². The van der Waals surface area contributed by atoms with E-state index in [-0.39, 0.29) is 35.1 Å². The van der Waals surface area contributed by atoms with Crippen LogP contribution in [0.1, 0.15) is 45.7 Å². The van der Waals surface area contributed by atoms with Gasteiger partial charge in [-0.2, -0.15) is 10.2 Å². The van der Waals surface area contributed by atoms with E-state index in [0.29, 0.717) is 56.9 Å². The summed E-state index contributed by atoms with van der Waals surface area (Å²) >= 11 is 1.11. The number of hydrazone groups is 2. The monoisotopic (exact) mass is 740 g/mol. The molecule has 0 radical (unpaired) electrons. The van der Waals surface area contributed by atoms with Crippen LogP contribution in [0.3, 0.4) is 0 Å². The minimum absolute atomic E-state index is 0.00447. The van der Waals surface area contributed by atoms with Crippen molar-refractivity contribution in [2.24, 2.45) is 10.2 Å². The second-order valence-corrected chi connectivity index (χ2v) is 12.1. The van der Waals surface area contributed by atoms with Crippen LogP contribution in [0.4, 0.5) is 11.4 Å². The highest BCUT2D eigenvalue weighted by Gasteiger charge is 2.13. The summed E-state index contributed by atoms with van der Waals surface area (Å²) < 4.78 is 21.0. The number of carbonyl (C=O) groups excluding carboxylic acids is 4. The molecular formula is C38H40N6O8S. The summed E-state index contributed by atoms with van der Waals surface area (Å²) in [5.41, 5.74) is 9.53. The molecule has 0 aliphatic carbocycles. The summed E-state index contributed by atoms with van der Waals surface area (Å²) in [6, 6.07) is 23.8. The van der Waals surface area contributed by atoms with Crippen LogP contribution in [0.5, 0.6) is 23.0 Å². The van der Waals surface area contributed by atoms with Gasteiger partial charge in [-0.05, 0) is 85.6 Å². The van der Waals surface area contributed by atoms with Crippen molar-refractivity contribution in [3.8, 4) is 23.0 Å². The highest BCUT2D eigenvalue weighted by molar-refractivity contribution is 8.00. The number of carbonyl (C=O) groups is 4. The largest absolute Gasteiger partial charge is 0.493 e. The lowest BCUT2D eigenvalue weighted by Crippen LogP contribution is -2.24. The Morgan fingerprint density at radius 3 is 1.19 bits per heavy atom. The Labute approximate surface area is 311 Å². The standard InChI is InChI=1S/C38H40N6O8S/c1-23(25-7-13-29(14-8-25)39-37(47)27-11-17-31(49-3)33(19-27)51-5)41-43-35(45)21-53-22-36(46)44-42-24(2)26-9-15-30(16-10-26)40-38(48)28-12-18-32(50-4)34(20-28)52-6/h7-20H,21-22H2,1-6H3,(H,39,47)(H,40,48)(H,43,45)(H,44,46)/b41-23+,42-24+. The Bertz CT molecular complexity index is 1860. The van der Waals surface area contributed by atoms with E-state index in [9.17, 15) is 19.2 Å². The molecule has 0 saturated carbocycles. The van der Waals surface area contributed by atoms with E-state index in [1.165, 1.54) is 28.4 Å². The van der Waals surface area contributed by atoms with E-state index < -0.39 is 0 Å². The van der Waals surface area contributed by atoms with E-state index in [0.717, 1.165) is 22.9 Å². The molecule has 0 fully saturated rings. The van der Waals surface area contributed by atoms with Gasteiger partial charge >= 0.3 is 0 Å². The molecule has 0 aromatic heterocycles. The predicted octanol–water partition coefficient (Wildman–Crippen LogP) is 5.34. The van der Waals surface area contributed by atoms with E-state index in [1.54, 1.807) is 98.8 Å². The minimum atomic E-state index is -0.376. The number of nitrogens with zero attached hydrogens (tertiary/aromatic N) is 2. The lowest BCUT2D eigenvalue weighted by molar-refractivity contribution is -0.118.